The summed E-state index contributed by atoms with van der Waals surface area (Å²) in [4.78, 5) is 39.1. The number of hydrogen-bond acceptors (Lipinski definition) is 3. The fourth-order valence-corrected chi connectivity index (χ4v) is 5.55. The number of hydrogen-bond donors (Lipinski definition) is 1. The molecule has 1 N–H and O–H groups in total. The van der Waals surface area contributed by atoms with Crippen molar-refractivity contribution in [3.05, 3.63) is 48.0 Å². The van der Waals surface area contributed by atoms with Crippen LogP contribution in [0.25, 0.3) is 0 Å². The number of carbonyl (C=O) groups is 3. The summed E-state index contributed by atoms with van der Waals surface area (Å²) in [5.41, 5.74) is 1.25. The van der Waals surface area contributed by atoms with E-state index >= 15 is 0 Å². The molecular weight excluding hydrogens is 340 g/mol. The molecule has 3 amide bonds. The van der Waals surface area contributed by atoms with Crippen LogP contribution in [0.2, 0.25) is 0 Å². The third-order valence-corrected chi connectivity index (χ3v) is 7.18. The average molecular weight is 364 g/mol. The third kappa shape index (κ3) is 2.47. The Hall–Kier alpha value is -2.43. The van der Waals surface area contributed by atoms with Crippen molar-refractivity contribution in [1.82, 2.24) is 10.2 Å². The minimum atomic E-state index is -0.237. The number of carbonyl (C=O) groups excluding carboxylic acids is 3. The number of rotatable bonds is 5. The molecule has 1 aromatic carbocycles. The zero-order valence-electron chi connectivity index (χ0n) is 15.3. The van der Waals surface area contributed by atoms with Crippen molar-refractivity contribution in [1.29, 1.82) is 0 Å². The van der Waals surface area contributed by atoms with Crippen molar-refractivity contribution in [2.75, 3.05) is 13.1 Å². The van der Waals surface area contributed by atoms with E-state index in [0.717, 1.165) is 25.7 Å². The largest absolute Gasteiger partial charge is 0.354 e. The summed E-state index contributed by atoms with van der Waals surface area (Å²) in [6.07, 6.45) is 8.32. The minimum Gasteiger partial charge on any atom is -0.354 e. The Morgan fingerprint density at radius 1 is 1.04 bits per heavy atom. The summed E-state index contributed by atoms with van der Waals surface area (Å²) in [5, 5.41) is 2.99. The number of benzene rings is 1. The van der Waals surface area contributed by atoms with E-state index in [2.05, 4.69) is 29.6 Å². The molecule has 0 spiro atoms. The van der Waals surface area contributed by atoms with E-state index in [0.29, 0.717) is 6.54 Å². The molecular formula is C22H24N2O3. The summed E-state index contributed by atoms with van der Waals surface area (Å²) < 4.78 is 0. The monoisotopic (exact) mass is 364 g/mol. The lowest BCUT2D eigenvalue weighted by atomic mass is 9.64. The van der Waals surface area contributed by atoms with Crippen molar-refractivity contribution in [3.8, 4) is 0 Å². The van der Waals surface area contributed by atoms with E-state index in [1.165, 1.54) is 10.5 Å². The molecule has 1 aliphatic heterocycles. The number of nitrogens with one attached hydrogen (secondary N) is 1. The molecule has 5 rings (SSSR count). The van der Waals surface area contributed by atoms with E-state index < -0.39 is 0 Å². The lowest BCUT2D eigenvalue weighted by molar-refractivity contribution is -0.144. The highest BCUT2D eigenvalue weighted by atomic mass is 16.2. The van der Waals surface area contributed by atoms with Crippen LogP contribution in [0.5, 0.6) is 0 Å². The first-order chi connectivity index (χ1) is 13.1. The molecule has 1 aromatic rings. The lowest BCUT2D eigenvalue weighted by Crippen LogP contribution is -2.48. The van der Waals surface area contributed by atoms with E-state index in [4.69, 9.17) is 0 Å². The van der Waals surface area contributed by atoms with Gasteiger partial charge in [-0.15, -0.1) is 0 Å². The maximum Gasteiger partial charge on any atom is 0.240 e. The van der Waals surface area contributed by atoms with Crippen LogP contribution in [0.4, 0.5) is 0 Å². The Morgan fingerprint density at radius 2 is 1.67 bits per heavy atom. The van der Waals surface area contributed by atoms with Crippen molar-refractivity contribution in [3.63, 3.8) is 0 Å². The quantitative estimate of drug-likeness (QED) is 0.642. The summed E-state index contributed by atoms with van der Waals surface area (Å²) >= 11 is 0. The predicted octanol–water partition coefficient (Wildman–Crippen LogP) is 2.03. The summed E-state index contributed by atoms with van der Waals surface area (Å²) in [6, 6.07) is 10.3. The van der Waals surface area contributed by atoms with Gasteiger partial charge in [0.15, 0.2) is 0 Å². The first-order valence-corrected chi connectivity index (χ1v) is 9.95. The van der Waals surface area contributed by atoms with Gasteiger partial charge in [0.1, 0.15) is 6.54 Å². The van der Waals surface area contributed by atoms with Gasteiger partial charge in [-0.2, -0.15) is 0 Å². The molecule has 0 aromatic heterocycles. The first-order valence-electron chi connectivity index (χ1n) is 9.95. The molecule has 3 aliphatic carbocycles. The van der Waals surface area contributed by atoms with Crippen LogP contribution in [-0.2, 0) is 19.8 Å². The van der Waals surface area contributed by atoms with Gasteiger partial charge < -0.3 is 5.32 Å². The van der Waals surface area contributed by atoms with Crippen LogP contribution in [0, 0.1) is 23.7 Å². The van der Waals surface area contributed by atoms with Gasteiger partial charge in [-0.3, -0.25) is 19.3 Å². The molecule has 0 radical (unpaired) electrons. The Kier molecular flexibility index (Phi) is 3.74. The maximum atomic E-state index is 12.7. The number of imide groups is 1. The lowest BCUT2D eigenvalue weighted by Gasteiger charge is -2.42. The highest BCUT2D eigenvalue weighted by molar-refractivity contribution is 6.08. The van der Waals surface area contributed by atoms with Crippen molar-refractivity contribution >= 4 is 17.7 Å². The van der Waals surface area contributed by atoms with E-state index in [1.807, 2.05) is 18.2 Å². The molecule has 4 unspecified atom stereocenters. The highest BCUT2D eigenvalue weighted by Gasteiger charge is 2.59. The predicted molar refractivity (Wildman–Crippen MR) is 99.4 cm³/mol. The smallest absolute Gasteiger partial charge is 0.240 e. The van der Waals surface area contributed by atoms with E-state index in [1.54, 1.807) is 0 Å². The second-order valence-corrected chi connectivity index (χ2v) is 8.54. The van der Waals surface area contributed by atoms with Crippen LogP contribution >= 0.6 is 0 Å². The van der Waals surface area contributed by atoms with Gasteiger partial charge >= 0.3 is 0 Å². The molecule has 1 heterocycles. The van der Waals surface area contributed by atoms with Gasteiger partial charge in [-0.25, -0.2) is 0 Å². The van der Waals surface area contributed by atoms with Gasteiger partial charge in [0, 0.05) is 12.0 Å². The van der Waals surface area contributed by atoms with Gasteiger partial charge in [-0.05, 0) is 36.7 Å². The molecule has 5 nitrogen and oxygen atoms in total. The van der Waals surface area contributed by atoms with E-state index in [-0.39, 0.29) is 53.4 Å². The van der Waals surface area contributed by atoms with Crippen LogP contribution < -0.4 is 5.32 Å². The Labute approximate surface area is 158 Å². The fourth-order valence-electron chi connectivity index (χ4n) is 5.55. The SMILES string of the molecule is O=C(CN1C(=O)C2C3C=CC(C3)C2C1=O)NCC1(c2ccccc2)CCC1. The molecule has 2 bridgehead atoms. The number of amides is 3. The van der Waals surface area contributed by atoms with Gasteiger partial charge in [0.2, 0.25) is 17.7 Å². The van der Waals surface area contributed by atoms with Crippen LogP contribution in [0.3, 0.4) is 0 Å². The number of nitrogens with zero attached hydrogens (tertiary/aromatic N) is 1. The third-order valence-electron chi connectivity index (χ3n) is 7.18. The average Bonchev–Trinajstić information content (AvgIpc) is 3.32. The normalized spacial score (nSPS) is 32.5. The molecule has 4 aliphatic rings. The Balaban J connectivity index is 1.23. The molecule has 5 heteroatoms. The Bertz CT molecular complexity index is 797. The van der Waals surface area contributed by atoms with Gasteiger partial charge in [0.05, 0.1) is 11.8 Å². The van der Waals surface area contributed by atoms with Crippen LogP contribution in [-0.4, -0.2) is 35.7 Å². The second kappa shape index (κ2) is 6.04. The van der Waals surface area contributed by atoms with Crippen molar-refractivity contribution < 1.29 is 14.4 Å². The summed E-state index contributed by atoms with van der Waals surface area (Å²) in [7, 11) is 0. The summed E-state index contributed by atoms with van der Waals surface area (Å²) in [6.45, 7) is 0.417. The Morgan fingerprint density at radius 3 is 2.22 bits per heavy atom. The molecule has 2 saturated carbocycles. The van der Waals surface area contributed by atoms with Crippen LogP contribution in [0.15, 0.2) is 42.5 Å². The molecule has 4 atom stereocenters. The van der Waals surface area contributed by atoms with Crippen molar-refractivity contribution in [2.24, 2.45) is 23.7 Å². The summed E-state index contributed by atoms with van der Waals surface area (Å²) in [5.74, 6) is -0.650. The number of likely N-dealkylation sites (tertiary alicyclic amines) is 1. The second-order valence-electron chi connectivity index (χ2n) is 8.54. The fraction of sp³-hybridized carbons (Fsp3) is 0.500. The topological polar surface area (TPSA) is 66.5 Å². The van der Waals surface area contributed by atoms with Gasteiger partial charge in [-0.1, -0.05) is 48.9 Å². The molecule has 27 heavy (non-hydrogen) atoms. The van der Waals surface area contributed by atoms with Gasteiger partial charge in [0.25, 0.3) is 0 Å². The highest BCUT2D eigenvalue weighted by Crippen LogP contribution is 2.52. The number of allylic oxidation sites excluding steroid dienone is 2. The molecule has 140 valence electrons. The zero-order valence-corrected chi connectivity index (χ0v) is 15.3. The van der Waals surface area contributed by atoms with Crippen LogP contribution in [0.1, 0.15) is 31.2 Å². The molecule has 3 fully saturated rings. The van der Waals surface area contributed by atoms with Crippen molar-refractivity contribution in [2.45, 2.75) is 31.1 Å². The molecule has 1 saturated heterocycles. The standard InChI is InChI=1S/C22H24N2O3/c25-17(23-13-22(9-4-10-22)16-5-2-1-3-6-16)12-24-20(26)18-14-7-8-15(11-14)19(18)21(24)27/h1-3,5-8,14-15,18-19H,4,9-13H2,(H,23,25). The maximum absolute atomic E-state index is 12.7. The van der Waals surface area contributed by atoms with E-state index in [9.17, 15) is 14.4 Å². The first kappa shape index (κ1) is 16.7. The zero-order chi connectivity index (χ0) is 18.6. The minimum absolute atomic E-state index is 0.00448. The number of fused-ring (bicyclic) bond motifs is 5.